The summed E-state index contributed by atoms with van der Waals surface area (Å²) in [7, 11) is 0. The number of aromatic amines is 1. The second kappa shape index (κ2) is 8.44. The molecule has 4 atom stereocenters. The fourth-order valence-corrected chi connectivity index (χ4v) is 8.62. The molecule has 6 heteroatoms. The zero-order valence-electron chi connectivity index (χ0n) is 21.7. The molecular formula is C31H37N5O. The van der Waals surface area contributed by atoms with Crippen LogP contribution in [-0.4, -0.2) is 27.2 Å². The molecule has 3 aromatic rings. The minimum Gasteiger partial charge on any atom is -0.387 e. The van der Waals surface area contributed by atoms with Gasteiger partial charge in [-0.3, -0.25) is 4.79 Å². The van der Waals surface area contributed by atoms with E-state index in [1.165, 1.54) is 32.1 Å². The highest BCUT2D eigenvalue weighted by Gasteiger charge is 2.56. The highest BCUT2D eigenvalue weighted by Crippen LogP contribution is 2.61. The van der Waals surface area contributed by atoms with Crippen LogP contribution in [0.1, 0.15) is 81.5 Å². The third kappa shape index (κ3) is 4.24. The predicted octanol–water partition coefficient (Wildman–Crippen LogP) is 6.50. The van der Waals surface area contributed by atoms with Gasteiger partial charge in [0.15, 0.2) is 0 Å². The quantitative estimate of drug-likeness (QED) is 0.278. The molecule has 2 unspecified atom stereocenters. The molecule has 8 rings (SSSR count). The van der Waals surface area contributed by atoms with E-state index in [0.29, 0.717) is 16.9 Å². The lowest BCUT2D eigenvalue weighted by Gasteiger charge is -2.61. The van der Waals surface area contributed by atoms with Gasteiger partial charge in [0.05, 0.1) is 16.7 Å². The van der Waals surface area contributed by atoms with Crippen LogP contribution < -0.4 is 11.1 Å². The number of amides is 1. The van der Waals surface area contributed by atoms with Gasteiger partial charge in [-0.05, 0) is 111 Å². The van der Waals surface area contributed by atoms with E-state index in [1.807, 2.05) is 42.5 Å². The normalized spacial score (nSPS) is 31.3. The zero-order valence-corrected chi connectivity index (χ0v) is 21.7. The number of carbonyl (C=O) groups is 1. The van der Waals surface area contributed by atoms with Gasteiger partial charge >= 0.3 is 0 Å². The lowest BCUT2D eigenvalue weighted by molar-refractivity contribution is -0.0680. The van der Waals surface area contributed by atoms with E-state index in [0.717, 1.165) is 77.9 Å². The molecule has 1 aromatic heterocycles. The summed E-state index contributed by atoms with van der Waals surface area (Å²) >= 11 is 0. The highest BCUT2D eigenvalue weighted by molar-refractivity contribution is 5.98. The van der Waals surface area contributed by atoms with Crippen LogP contribution in [-0.2, 0) is 0 Å². The third-order valence-electron chi connectivity index (χ3n) is 9.65. The number of aliphatic imine (C=N–C) groups is 1. The first-order valence-corrected chi connectivity index (χ1v) is 14.1. The van der Waals surface area contributed by atoms with Gasteiger partial charge in [0, 0.05) is 22.6 Å². The summed E-state index contributed by atoms with van der Waals surface area (Å²) in [5.74, 6) is 3.57. The second-order valence-electron chi connectivity index (χ2n) is 12.9. The average Bonchev–Trinajstić information content (AvgIpc) is 3.52. The van der Waals surface area contributed by atoms with E-state index in [1.54, 1.807) is 0 Å². The van der Waals surface area contributed by atoms with Crippen molar-refractivity contribution in [1.82, 2.24) is 15.3 Å². The Balaban J connectivity index is 1.09. The van der Waals surface area contributed by atoms with E-state index in [-0.39, 0.29) is 11.4 Å². The molecule has 6 nitrogen and oxygen atoms in total. The molecule has 37 heavy (non-hydrogen) atoms. The first-order chi connectivity index (χ1) is 17.9. The Labute approximate surface area is 218 Å². The van der Waals surface area contributed by atoms with Crippen molar-refractivity contribution in [3.05, 3.63) is 48.0 Å². The van der Waals surface area contributed by atoms with Crippen molar-refractivity contribution in [2.75, 3.05) is 0 Å². The van der Waals surface area contributed by atoms with Gasteiger partial charge in [0.2, 0.25) is 0 Å². The Hall–Kier alpha value is -3.15. The third-order valence-corrected chi connectivity index (χ3v) is 9.65. The molecule has 0 spiro atoms. The number of hydrogen-bond donors (Lipinski definition) is 3. The molecule has 2 aromatic carbocycles. The van der Waals surface area contributed by atoms with Gasteiger partial charge in [-0.1, -0.05) is 19.8 Å². The summed E-state index contributed by atoms with van der Waals surface area (Å²) in [6.45, 7) is 2.44. The lowest BCUT2D eigenvalue weighted by atomic mass is 9.47. The number of aromatic nitrogens is 2. The monoisotopic (exact) mass is 495 g/mol. The molecule has 0 radical (unpaired) electrons. The Bertz CT molecular complexity index is 1370. The maximum Gasteiger partial charge on any atom is 0.251 e. The van der Waals surface area contributed by atoms with Crippen LogP contribution in [0.15, 0.2) is 47.5 Å². The summed E-state index contributed by atoms with van der Waals surface area (Å²) in [5, 5.41) is 3.52. The van der Waals surface area contributed by atoms with Crippen molar-refractivity contribution in [3.63, 3.8) is 0 Å². The first-order valence-electron chi connectivity index (χ1n) is 14.1. The topological polar surface area (TPSA) is 96.2 Å². The van der Waals surface area contributed by atoms with Crippen molar-refractivity contribution >= 4 is 28.5 Å². The molecular weight excluding hydrogens is 458 g/mol. The van der Waals surface area contributed by atoms with Gasteiger partial charge in [-0.2, -0.15) is 0 Å². The van der Waals surface area contributed by atoms with Crippen LogP contribution in [0.5, 0.6) is 0 Å². The van der Waals surface area contributed by atoms with Crippen LogP contribution >= 0.6 is 0 Å². The van der Waals surface area contributed by atoms with Crippen LogP contribution in [0.4, 0.5) is 5.69 Å². The molecule has 5 saturated carbocycles. The summed E-state index contributed by atoms with van der Waals surface area (Å²) in [4.78, 5) is 26.3. The number of amidine groups is 1. The van der Waals surface area contributed by atoms with E-state index >= 15 is 0 Å². The molecule has 192 valence electrons. The summed E-state index contributed by atoms with van der Waals surface area (Å²) in [6.07, 6.45) is 12.2. The number of H-pyrrole nitrogens is 1. The van der Waals surface area contributed by atoms with Crippen molar-refractivity contribution in [3.8, 4) is 11.4 Å². The van der Waals surface area contributed by atoms with Crippen LogP contribution in [0, 0.1) is 23.2 Å². The van der Waals surface area contributed by atoms with E-state index in [2.05, 4.69) is 22.2 Å². The predicted molar refractivity (Wildman–Crippen MR) is 148 cm³/mol. The number of benzene rings is 2. The molecule has 5 aliphatic carbocycles. The number of imidazole rings is 1. The van der Waals surface area contributed by atoms with Gasteiger partial charge < -0.3 is 16.0 Å². The minimum atomic E-state index is -0.0184. The summed E-state index contributed by atoms with van der Waals surface area (Å²) in [5.41, 5.74) is 11.0. The Morgan fingerprint density at radius 1 is 1.05 bits per heavy atom. The largest absolute Gasteiger partial charge is 0.387 e. The highest BCUT2D eigenvalue weighted by atomic mass is 16.1. The van der Waals surface area contributed by atoms with E-state index in [9.17, 15) is 4.79 Å². The standard InChI is InChI=1S/C31H37N5O/c1-30-14-19-12-20(15-30)17-31(16-19,18-30)36-29(37)23-8-11-25-26(13-23)35-28(34-25)22-6-9-24(10-7-22)33-27(32)21-4-2-3-5-21/h6-11,13,19-21H,2-5,12,14-18H2,1H3,(H2,32,33)(H,34,35)(H,36,37)/t19-,20+,30?,31?. The number of hydrogen-bond acceptors (Lipinski definition) is 3. The zero-order chi connectivity index (χ0) is 25.2. The van der Waals surface area contributed by atoms with Gasteiger partial charge in [-0.15, -0.1) is 0 Å². The Morgan fingerprint density at radius 3 is 2.49 bits per heavy atom. The van der Waals surface area contributed by atoms with Gasteiger partial charge in [0.25, 0.3) is 5.91 Å². The minimum absolute atomic E-state index is 0.0184. The number of nitrogens with zero attached hydrogens (tertiary/aromatic N) is 2. The van der Waals surface area contributed by atoms with Crippen molar-refractivity contribution in [2.45, 2.75) is 76.7 Å². The van der Waals surface area contributed by atoms with Crippen molar-refractivity contribution in [2.24, 2.45) is 33.9 Å². The van der Waals surface area contributed by atoms with Crippen molar-refractivity contribution in [1.29, 1.82) is 0 Å². The molecule has 4 bridgehead atoms. The van der Waals surface area contributed by atoms with Gasteiger partial charge in [-0.25, -0.2) is 9.98 Å². The van der Waals surface area contributed by atoms with Crippen LogP contribution in [0.2, 0.25) is 0 Å². The fraction of sp³-hybridized carbons (Fsp3) is 0.516. The number of rotatable bonds is 5. The number of carbonyl (C=O) groups excluding carboxylic acids is 1. The molecule has 5 fully saturated rings. The smallest absolute Gasteiger partial charge is 0.251 e. The Kier molecular flexibility index (Phi) is 5.24. The molecule has 0 aliphatic heterocycles. The average molecular weight is 496 g/mol. The first kappa shape index (κ1) is 23.0. The van der Waals surface area contributed by atoms with Crippen LogP contribution in [0.3, 0.4) is 0 Å². The van der Waals surface area contributed by atoms with Crippen LogP contribution in [0.25, 0.3) is 22.4 Å². The van der Waals surface area contributed by atoms with Crippen molar-refractivity contribution < 1.29 is 4.79 Å². The maximum atomic E-state index is 13.4. The van der Waals surface area contributed by atoms with Gasteiger partial charge in [0.1, 0.15) is 11.7 Å². The molecule has 4 N–H and O–H groups in total. The van der Waals surface area contributed by atoms with E-state index < -0.39 is 0 Å². The fourth-order valence-electron chi connectivity index (χ4n) is 8.62. The molecule has 1 heterocycles. The summed E-state index contributed by atoms with van der Waals surface area (Å²) in [6, 6.07) is 13.9. The molecule has 0 saturated heterocycles. The number of nitrogens with one attached hydrogen (secondary N) is 2. The number of fused-ring (bicyclic) bond motifs is 1. The SMILES string of the molecule is CC12C[C@H]3C[C@@H](C1)CC(NC(=O)c1ccc4nc(-c5ccc(N=C(N)C6CCCC6)cc5)[nH]c4c1)(C3)C2. The molecule has 5 aliphatic rings. The van der Waals surface area contributed by atoms with E-state index in [4.69, 9.17) is 10.7 Å². The number of nitrogens with two attached hydrogens (primary N) is 1. The molecule has 1 amide bonds. The second-order valence-corrected chi connectivity index (χ2v) is 12.9. The Morgan fingerprint density at radius 2 is 1.78 bits per heavy atom. The maximum absolute atomic E-state index is 13.4. The summed E-state index contributed by atoms with van der Waals surface area (Å²) < 4.78 is 0. The lowest BCUT2D eigenvalue weighted by Crippen LogP contribution is -2.62.